The van der Waals surface area contributed by atoms with Crippen molar-refractivity contribution in [2.45, 2.75) is 24.9 Å². The molecule has 7 aromatic carbocycles. The molecule has 1 atom stereocenters. The summed E-state index contributed by atoms with van der Waals surface area (Å²) in [5, 5.41) is 1.85. The summed E-state index contributed by atoms with van der Waals surface area (Å²) in [6.45, 7) is 0. The minimum absolute atomic E-state index is 0.0569. The van der Waals surface area contributed by atoms with E-state index < -0.39 is 11.7 Å². The molecule has 56 heavy (non-hydrogen) atoms. The minimum atomic E-state index is -4.38. The molecule has 270 valence electrons. The van der Waals surface area contributed by atoms with Crippen molar-refractivity contribution in [3.63, 3.8) is 0 Å². The van der Waals surface area contributed by atoms with Crippen LogP contribution < -0.4 is 0 Å². The fraction of sp³-hybridized carbons (Fsp3) is 0.0816. The highest BCUT2D eigenvalue weighted by Crippen LogP contribution is 2.45. The van der Waals surface area contributed by atoms with Gasteiger partial charge in [-0.2, -0.15) is 13.2 Å². The second-order valence-electron chi connectivity index (χ2n) is 14.2. The zero-order valence-corrected chi connectivity index (χ0v) is 30.0. The summed E-state index contributed by atoms with van der Waals surface area (Å²) in [6, 6.07) is 52.6. The molecular weight excluding hydrogens is 704 g/mol. The number of benzene rings is 7. The lowest BCUT2D eigenvalue weighted by atomic mass is 9.84. The van der Waals surface area contributed by atoms with Crippen LogP contribution in [0.25, 0.3) is 78.4 Å². The van der Waals surface area contributed by atoms with Gasteiger partial charge in [-0.1, -0.05) is 127 Å². The molecule has 0 spiro atoms. The molecule has 0 saturated carbocycles. The Kier molecular flexibility index (Phi) is 8.10. The van der Waals surface area contributed by atoms with Gasteiger partial charge in [-0.3, -0.25) is 0 Å². The number of hydrogen-bond donors (Lipinski definition) is 0. The van der Waals surface area contributed by atoms with Gasteiger partial charge in [-0.15, -0.1) is 0 Å². The topological polar surface area (TPSA) is 51.8 Å². The Bertz CT molecular complexity index is 2840. The molecule has 1 unspecified atom stereocenters. The van der Waals surface area contributed by atoms with E-state index in [0.29, 0.717) is 17.5 Å². The van der Waals surface area contributed by atoms with Crippen molar-refractivity contribution in [3.05, 3.63) is 186 Å². The van der Waals surface area contributed by atoms with Gasteiger partial charge in [0.25, 0.3) is 0 Å². The fourth-order valence-electron chi connectivity index (χ4n) is 8.10. The predicted octanol–water partition coefficient (Wildman–Crippen LogP) is 13.2. The maximum atomic E-state index is 13.5. The van der Waals surface area contributed by atoms with Gasteiger partial charge in [0.1, 0.15) is 11.2 Å². The molecule has 1 aliphatic carbocycles. The third kappa shape index (κ3) is 6.02. The molecular formula is C49H32F3N3O. The van der Waals surface area contributed by atoms with Crippen LogP contribution in [0, 0.1) is 0 Å². The molecule has 0 radical (unpaired) electrons. The van der Waals surface area contributed by atoms with Crippen molar-refractivity contribution in [2.75, 3.05) is 0 Å². The van der Waals surface area contributed by atoms with Crippen molar-refractivity contribution in [1.29, 1.82) is 0 Å². The molecule has 2 heterocycles. The number of rotatable bonds is 5. The Morgan fingerprint density at radius 1 is 0.500 bits per heavy atom. The summed E-state index contributed by atoms with van der Waals surface area (Å²) < 4.78 is 46.8. The van der Waals surface area contributed by atoms with Crippen molar-refractivity contribution < 1.29 is 17.6 Å². The first-order valence-electron chi connectivity index (χ1n) is 18.6. The van der Waals surface area contributed by atoms with E-state index in [9.17, 15) is 13.2 Å². The number of hydrogen-bond acceptors (Lipinski definition) is 4. The lowest BCUT2D eigenvalue weighted by Gasteiger charge is -2.20. The fourth-order valence-corrected chi connectivity index (χ4v) is 8.10. The molecule has 0 bridgehead atoms. The zero-order valence-electron chi connectivity index (χ0n) is 30.0. The van der Waals surface area contributed by atoms with Crippen molar-refractivity contribution in [3.8, 4) is 56.4 Å². The van der Waals surface area contributed by atoms with Crippen molar-refractivity contribution >= 4 is 21.9 Å². The number of fused-ring (bicyclic) bond motifs is 6. The second-order valence-corrected chi connectivity index (χ2v) is 14.2. The van der Waals surface area contributed by atoms with Gasteiger partial charge < -0.3 is 4.42 Å². The van der Waals surface area contributed by atoms with Gasteiger partial charge >= 0.3 is 6.18 Å². The smallest absolute Gasteiger partial charge is 0.416 e. The van der Waals surface area contributed by atoms with Crippen LogP contribution in [-0.2, 0) is 12.6 Å². The standard InChI is InChI=1S/C49H32F3N3O/c50-49(51,52)36-23-18-31(19-24-36)38-25-20-30-10-7-8-15-37(30)41-28-34(21-26-39(38)41)35-22-27-43-42(29-35)45-40(16-9-17-44(45)56-43)48-54-46(32-11-3-1-4-12-32)53-47(55-48)33-13-5-2-6-14-33/h1-19,21-24,26-29,38H,20,25H2. The van der Waals surface area contributed by atoms with E-state index >= 15 is 0 Å². The number of furan rings is 1. The average molecular weight is 736 g/mol. The SMILES string of the molecule is FC(F)(F)c1ccc(C2CCc3ccccc3-c3cc(-c4ccc5oc6cccc(-c7nc(-c8ccccc8)nc(-c8ccccc8)n7)c6c5c4)ccc32)cc1. The summed E-state index contributed by atoms with van der Waals surface area (Å²) in [6.07, 6.45) is -2.77. The molecule has 10 rings (SSSR count). The first-order chi connectivity index (χ1) is 27.4. The third-order valence-electron chi connectivity index (χ3n) is 10.8. The van der Waals surface area contributed by atoms with E-state index in [1.54, 1.807) is 12.1 Å². The summed E-state index contributed by atoms with van der Waals surface area (Å²) in [5.41, 5.74) is 10.9. The summed E-state index contributed by atoms with van der Waals surface area (Å²) in [4.78, 5) is 14.9. The largest absolute Gasteiger partial charge is 0.456 e. The highest BCUT2D eigenvalue weighted by atomic mass is 19.4. The Morgan fingerprint density at radius 3 is 1.84 bits per heavy atom. The van der Waals surface area contributed by atoms with Gasteiger partial charge in [0, 0.05) is 33.4 Å². The van der Waals surface area contributed by atoms with Crippen molar-refractivity contribution in [2.24, 2.45) is 0 Å². The molecule has 1 aliphatic rings. The Hall–Kier alpha value is -6.86. The summed E-state index contributed by atoms with van der Waals surface area (Å²) in [7, 11) is 0. The van der Waals surface area contributed by atoms with Crippen LogP contribution in [0.15, 0.2) is 168 Å². The van der Waals surface area contributed by atoms with Crippen molar-refractivity contribution in [1.82, 2.24) is 15.0 Å². The zero-order chi connectivity index (χ0) is 37.8. The molecule has 9 aromatic rings. The number of aryl methyl sites for hydroxylation is 1. The maximum Gasteiger partial charge on any atom is 0.416 e. The molecule has 0 aliphatic heterocycles. The molecule has 7 heteroatoms. The predicted molar refractivity (Wildman–Crippen MR) is 216 cm³/mol. The van der Waals surface area contributed by atoms with Crippen LogP contribution in [0.2, 0.25) is 0 Å². The Labute approximate surface area is 321 Å². The van der Waals surface area contributed by atoms with E-state index in [1.165, 1.54) is 17.7 Å². The molecule has 0 fully saturated rings. The number of alkyl halides is 3. The van der Waals surface area contributed by atoms with Crippen LogP contribution in [0.3, 0.4) is 0 Å². The number of aromatic nitrogens is 3. The van der Waals surface area contributed by atoms with E-state index in [1.807, 2.05) is 91.0 Å². The van der Waals surface area contributed by atoms with Gasteiger partial charge in [0.2, 0.25) is 0 Å². The highest BCUT2D eigenvalue weighted by molar-refractivity contribution is 6.12. The molecule has 0 saturated heterocycles. The quantitative estimate of drug-likeness (QED) is 0.177. The first kappa shape index (κ1) is 33.7. The van der Waals surface area contributed by atoms with Crippen LogP contribution in [0.5, 0.6) is 0 Å². The Balaban J connectivity index is 1.12. The van der Waals surface area contributed by atoms with Crippen LogP contribution in [0.1, 0.15) is 34.6 Å². The van der Waals surface area contributed by atoms with Gasteiger partial charge in [-0.05, 0) is 88.2 Å². The van der Waals surface area contributed by atoms with Crippen LogP contribution in [0.4, 0.5) is 13.2 Å². The highest BCUT2D eigenvalue weighted by Gasteiger charge is 2.31. The van der Waals surface area contributed by atoms with Crippen LogP contribution in [-0.4, -0.2) is 15.0 Å². The van der Waals surface area contributed by atoms with Gasteiger partial charge in [0.15, 0.2) is 17.5 Å². The van der Waals surface area contributed by atoms with Crippen LogP contribution >= 0.6 is 0 Å². The molecule has 0 N–H and O–H groups in total. The molecule has 2 aromatic heterocycles. The maximum absolute atomic E-state index is 13.5. The van der Waals surface area contributed by atoms with E-state index in [0.717, 1.165) is 84.9 Å². The second kappa shape index (κ2) is 13.5. The first-order valence-corrected chi connectivity index (χ1v) is 18.6. The lowest BCUT2D eigenvalue weighted by molar-refractivity contribution is -0.137. The number of halogens is 3. The summed E-state index contributed by atoms with van der Waals surface area (Å²) >= 11 is 0. The monoisotopic (exact) mass is 735 g/mol. The summed E-state index contributed by atoms with van der Waals surface area (Å²) in [5.74, 6) is 1.66. The lowest BCUT2D eigenvalue weighted by Crippen LogP contribution is -2.07. The third-order valence-corrected chi connectivity index (χ3v) is 10.8. The molecule has 0 amide bonds. The normalized spacial score (nSPS) is 14.0. The minimum Gasteiger partial charge on any atom is -0.456 e. The van der Waals surface area contributed by atoms with Gasteiger partial charge in [-0.25, -0.2) is 15.0 Å². The Morgan fingerprint density at radius 2 is 1.12 bits per heavy atom. The van der Waals surface area contributed by atoms with E-state index in [-0.39, 0.29) is 5.92 Å². The molecule has 4 nitrogen and oxygen atoms in total. The number of nitrogens with zero attached hydrogens (tertiary/aromatic N) is 3. The van der Waals surface area contributed by atoms with Gasteiger partial charge in [0.05, 0.1) is 5.56 Å². The van der Waals surface area contributed by atoms with E-state index in [2.05, 4.69) is 48.5 Å². The average Bonchev–Trinajstić information content (AvgIpc) is 3.54. The van der Waals surface area contributed by atoms with E-state index in [4.69, 9.17) is 19.4 Å².